The van der Waals surface area contributed by atoms with Crippen LogP contribution in [0.3, 0.4) is 0 Å². The summed E-state index contributed by atoms with van der Waals surface area (Å²) in [5.74, 6) is 2.18. The Bertz CT molecular complexity index is 1120. The maximum atomic E-state index is 5.56. The third kappa shape index (κ3) is 4.44. The van der Waals surface area contributed by atoms with Gasteiger partial charge in [0, 0.05) is 28.2 Å². The fraction of sp³-hybridized carbons (Fsp3) is 0.517. The van der Waals surface area contributed by atoms with Gasteiger partial charge in [0.1, 0.15) is 0 Å². The van der Waals surface area contributed by atoms with Crippen molar-refractivity contribution in [1.29, 1.82) is 0 Å². The molecule has 0 atom stereocenters. The molecule has 5 heteroatoms. The zero-order valence-corrected chi connectivity index (χ0v) is 21.2. The number of ether oxygens (including phenoxy) is 2. The first-order valence-corrected chi connectivity index (χ1v) is 12.9. The molecule has 0 amide bonds. The number of likely N-dealkylation sites (tertiary alicyclic amines) is 2. The average Bonchev–Trinajstić information content (AvgIpc) is 3.26. The number of aryl methyl sites for hydroxylation is 1. The van der Waals surface area contributed by atoms with Crippen LogP contribution < -0.4 is 9.47 Å². The van der Waals surface area contributed by atoms with Crippen LogP contribution in [0.25, 0.3) is 22.2 Å². The minimum atomic E-state index is 0.663. The minimum Gasteiger partial charge on any atom is -0.493 e. The van der Waals surface area contributed by atoms with E-state index in [1.807, 2.05) is 6.07 Å². The zero-order valence-electron chi connectivity index (χ0n) is 21.2. The van der Waals surface area contributed by atoms with Gasteiger partial charge in [-0.2, -0.15) is 0 Å². The molecule has 0 aliphatic carbocycles. The summed E-state index contributed by atoms with van der Waals surface area (Å²) in [6.07, 6.45) is 6.19. The van der Waals surface area contributed by atoms with Crippen LogP contribution in [0.2, 0.25) is 0 Å². The lowest BCUT2D eigenvalue weighted by Crippen LogP contribution is -2.46. The molecule has 182 valence electrons. The average molecular weight is 462 g/mol. The minimum absolute atomic E-state index is 0.663. The lowest BCUT2D eigenvalue weighted by atomic mass is 9.87. The Morgan fingerprint density at radius 2 is 1.62 bits per heavy atom. The van der Waals surface area contributed by atoms with Crippen molar-refractivity contribution in [3.8, 4) is 22.8 Å². The number of nitrogens with one attached hydrogen (secondary N) is 1. The normalized spacial score (nSPS) is 19.1. The van der Waals surface area contributed by atoms with Gasteiger partial charge < -0.3 is 24.3 Å². The highest BCUT2D eigenvalue weighted by molar-refractivity contribution is 5.91. The molecule has 3 aromatic rings. The van der Waals surface area contributed by atoms with Gasteiger partial charge in [0.15, 0.2) is 11.5 Å². The van der Waals surface area contributed by atoms with E-state index < -0.39 is 0 Å². The van der Waals surface area contributed by atoms with Crippen molar-refractivity contribution < 1.29 is 9.47 Å². The van der Waals surface area contributed by atoms with Crippen LogP contribution in [0.4, 0.5) is 0 Å². The summed E-state index contributed by atoms with van der Waals surface area (Å²) in [4.78, 5) is 8.93. The van der Waals surface area contributed by atoms with E-state index in [0.717, 1.165) is 29.5 Å². The topological polar surface area (TPSA) is 40.7 Å². The van der Waals surface area contributed by atoms with Gasteiger partial charge in [-0.1, -0.05) is 13.0 Å². The summed E-state index contributed by atoms with van der Waals surface area (Å²) in [7, 11) is 5.62. The fourth-order valence-electron chi connectivity index (χ4n) is 6.08. The van der Waals surface area contributed by atoms with Gasteiger partial charge in [-0.25, -0.2) is 0 Å². The fourth-order valence-corrected chi connectivity index (χ4v) is 6.08. The monoisotopic (exact) mass is 461 g/mol. The highest BCUT2D eigenvalue weighted by Gasteiger charge is 2.28. The first kappa shape index (κ1) is 23.3. The van der Waals surface area contributed by atoms with Gasteiger partial charge in [0.2, 0.25) is 0 Å². The predicted octanol–water partition coefficient (Wildman–Crippen LogP) is 5.69. The van der Waals surface area contributed by atoms with Crippen molar-refractivity contribution in [2.45, 2.75) is 51.0 Å². The molecule has 1 N–H and O–H groups in total. The molecule has 2 aromatic carbocycles. The van der Waals surface area contributed by atoms with Crippen LogP contribution in [0, 0.1) is 0 Å². The van der Waals surface area contributed by atoms with Crippen molar-refractivity contribution >= 4 is 10.9 Å². The molecule has 0 unspecified atom stereocenters. The Hall–Kier alpha value is -2.50. The summed E-state index contributed by atoms with van der Waals surface area (Å²) >= 11 is 0. The van der Waals surface area contributed by atoms with E-state index in [2.05, 4.69) is 59.1 Å². The number of benzene rings is 2. The Balaban J connectivity index is 1.37. The smallest absolute Gasteiger partial charge is 0.161 e. The molecule has 34 heavy (non-hydrogen) atoms. The number of methoxy groups -OCH3 is 2. The van der Waals surface area contributed by atoms with Crippen molar-refractivity contribution in [3.05, 3.63) is 47.5 Å². The molecule has 2 saturated heterocycles. The number of nitrogens with zero attached hydrogens (tertiary/aromatic N) is 2. The molecule has 0 saturated carbocycles. The van der Waals surface area contributed by atoms with E-state index in [0.29, 0.717) is 5.92 Å². The van der Waals surface area contributed by atoms with E-state index in [9.17, 15) is 0 Å². The van der Waals surface area contributed by atoms with Crippen molar-refractivity contribution in [2.24, 2.45) is 0 Å². The van der Waals surface area contributed by atoms with Crippen LogP contribution in [0.1, 0.15) is 49.7 Å². The second-order valence-corrected chi connectivity index (χ2v) is 10.1. The number of rotatable bonds is 6. The Morgan fingerprint density at radius 1 is 0.882 bits per heavy atom. The highest BCUT2D eigenvalue weighted by atomic mass is 16.5. The predicted molar refractivity (Wildman–Crippen MR) is 140 cm³/mol. The van der Waals surface area contributed by atoms with Gasteiger partial charge in [-0.15, -0.1) is 0 Å². The summed E-state index contributed by atoms with van der Waals surface area (Å²) < 4.78 is 11.0. The highest BCUT2D eigenvalue weighted by Crippen LogP contribution is 2.38. The van der Waals surface area contributed by atoms with E-state index >= 15 is 0 Å². The molecule has 0 bridgehead atoms. The van der Waals surface area contributed by atoms with Crippen LogP contribution in [0.5, 0.6) is 11.5 Å². The van der Waals surface area contributed by atoms with Crippen LogP contribution in [-0.4, -0.2) is 68.3 Å². The summed E-state index contributed by atoms with van der Waals surface area (Å²) in [6.45, 7) is 7.22. The number of fused-ring (bicyclic) bond motifs is 1. The number of piperidine rings is 2. The maximum absolute atomic E-state index is 5.56. The van der Waals surface area contributed by atoms with Gasteiger partial charge in [-0.3, -0.25) is 0 Å². The SMILES string of the molecule is CCc1c(-c2ccc(OC)c(OC)c2)[nH]c2ccc(C3CCN(C4CCN(C)CC4)CC3)cc12. The Morgan fingerprint density at radius 3 is 2.29 bits per heavy atom. The molecular formula is C29H39N3O2. The van der Waals surface area contributed by atoms with E-state index in [-0.39, 0.29) is 0 Å². The maximum Gasteiger partial charge on any atom is 0.161 e. The van der Waals surface area contributed by atoms with Crippen molar-refractivity contribution in [1.82, 2.24) is 14.8 Å². The number of aromatic amines is 1. The molecule has 2 fully saturated rings. The summed E-state index contributed by atoms with van der Waals surface area (Å²) in [5, 5.41) is 1.36. The Labute approximate surface area is 204 Å². The van der Waals surface area contributed by atoms with Crippen LogP contribution in [-0.2, 0) is 6.42 Å². The number of hydrogen-bond donors (Lipinski definition) is 1. The summed E-state index contributed by atoms with van der Waals surface area (Å²) in [5.41, 5.74) is 6.43. The van der Waals surface area contributed by atoms with E-state index in [4.69, 9.17) is 9.47 Å². The molecule has 0 radical (unpaired) electrons. The molecule has 3 heterocycles. The van der Waals surface area contributed by atoms with E-state index in [1.165, 1.54) is 79.6 Å². The zero-order chi connectivity index (χ0) is 23.7. The van der Waals surface area contributed by atoms with Crippen molar-refractivity contribution in [2.75, 3.05) is 47.4 Å². The second kappa shape index (κ2) is 10.0. The lowest BCUT2D eigenvalue weighted by Gasteiger charge is -2.41. The molecule has 0 spiro atoms. The van der Waals surface area contributed by atoms with Gasteiger partial charge >= 0.3 is 0 Å². The third-order valence-electron chi connectivity index (χ3n) is 8.16. The van der Waals surface area contributed by atoms with Crippen molar-refractivity contribution in [3.63, 3.8) is 0 Å². The second-order valence-electron chi connectivity index (χ2n) is 10.1. The number of H-pyrrole nitrogens is 1. The number of hydrogen-bond acceptors (Lipinski definition) is 4. The standard InChI is InChI=1S/C29H39N3O2/c1-5-24-25-18-21(20-10-16-32(17-11-20)23-12-14-31(2)15-13-23)6-8-26(25)30-29(24)22-7-9-27(33-3)28(19-22)34-4/h6-9,18-20,23,30H,5,10-17H2,1-4H3. The molecule has 2 aliphatic heterocycles. The van der Waals surface area contributed by atoms with Gasteiger partial charge in [0.25, 0.3) is 0 Å². The molecular weight excluding hydrogens is 422 g/mol. The largest absolute Gasteiger partial charge is 0.493 e. The van der Waals surface area contributed by atoms with Crippen LogP contribution in [0.15, 0.2) is 36.4 Å². The number of aromatic nitrogens is 1. The quantitative estimate of drug-likeness (QED) is 0.512. The first-order valence-electron chi connectivity index (χ1n) is 12.9. The summed E-state index contributed by atoms with van der Waals surface area (Å²) in [6, 6.07) is 14.1. The van der Waals surface area contributed by atoms with Gasteiger partial charge in [-0.05, 0) is 113 Å². The molecule has 2 aliphatic rings. The van der Waals surface area contributed by atoms with E-state index in [1.54, 1.807) is 14.2 Å². The molecule has 5 nitrogen and oxygen atoms in total. The first-order chi connectivity index (χ1) is 16.6. The van der Waals surface area contributed by atoms with Crippen LogP contribution >= 0.6 is 0 Å². The molecule has 5 rings (SSSR count). The Kier molecular flexibility index (Phi) is 6.84. The molecule has 1 aromatic heterocycles. The van der Waals surface area contributed by atoms with Gasteiger partial charge in [0.05, 0.1) is 14.2 Å². The third-order valence-corrected chi connectivity index (χ3v) is 8.16. The lowest BCUT2D eigenvalue weighted by molar-refractivity contribution is 0.0966.